The molecule has 0 amide bonds. The van der Waals surface area contributed by atoms with Gasteiger partial charge in [-0.3, -0.25) is 0 Å². The zero-order valence-corrected chi connectivity index (χ0v) is 10.5. The van der Waals surface area contributed by atoms with Crippen LogP contribution in [0.15, 0.2) is 36.4 Å². The molecule has 0 aliphatic rings. The average Bonchev–Trinajstić information content (AvgIpc) is 2.40. The van der Waals surface area contributed by atoms with E-state index in [0.717, 1.165) is 5.75 Å². The molecule has 1 aromatic heterocycles. The van der Waals surface area contributed by atoms with Crippen LogP contribution < -0.4 is 4.74 Å². The molecule has 0 saturated heterocycles. The van der Waals surface area contributed by atoms with E-state index >= 15 is 0 Å². The highest BCUT2D eigenvalue weighted by Crippen LogP contribution is 2.23. The molecular weight excluding hydrogens is 228 g/mol. The number of aliphatic hydroxyl groups excluding tert-OH is 1. The Kier molecular flexibility index (Phi) is 3.89. The van der Waals surface area contributed by atoms with E-state index in [1.807, 2.05) is 18.2 Å². The second-order valence-corrected chi connectivity index (χ2v) is 4.35. The molecule has 0 radical (unpaired) electrons. The molecule has 4 nitrogen and oxygen atoms in total. The zero-order valence-electron chi connectivity index (χ0n) is 10.5. The Labute approximate surface area is 106 Å². The third kappa shape index (κ3) is 3.05. The summed E-state index contributed by atoms with van der Waals surface area (Å²) in [4.78, 5) is 0. The lowest BCUT2D eigenvalue weighted by Gasteiger charge is -2.08. The van der Waals surface area contributed by atoms with Gasteiger partial charge < -0.3 is 9.84 Å². The highest BCUT2D eigenvalue weighted by atomic mass is 16.5. The van der Waals surface area contributed by atoms with Crippen LogP contribution in [-0.4, -0.2) is 15.3 Å². The molecule has 0 fully saturated rings. The number of rotatable bonds is 4. The normalized spacial score (nSPS) is 10.7. The lowest BCUT2D eigenvalue weighted by atomic mass is 10.0. The van der Waals surface area contributed by atoms with Crippen molar-refractivity contribution >= 4 is 0 Å². The summed E-state index contributed by atoms with van der Waals surface area (Å²) in [5.41, 5.74) is 1.74. The maximum absolute atomic E-state index is 8.87. The van der Waals surface area contributed by atoms with Crippen LogP contribution in [0.5, 0.6) is 11.6 Å². The summed E-state index contributed by atoms with van der Waals surface area (Å²) in [7, 11) is 0. The smallest absolute Gasteiger partial charge is 0.238 e. The largest absolute Gasteiger partial charge is 0.438 e. The third-order valence-corrected chi connectivity index (χ3v) is 2.60. The fourth-order valence-corrected chi connectivity index (χ4v) is 1.54. The summed E-state index contributed by atoms with van der Waals surface area (Å²) >= 11 is 0. The summed E-state index contributed by atoms with van der Waals surface area (Å²) in [5, 5.41) is 16.6. The van der Waals surface area contributed by atoms with Crippen molar-refractivity contribution in [2.75, 3.05) is 0 Å². The van der Waals surface area contributed by atoms with E-state index in [0.29, 0.717) is 17.5 Å². The molecule has 1 heterocycles. The third-order valence-electron chi connectivity index (χ3n) is 2.60. The molecule has 2 rings (SSSR count). The quantitative estimate of drug-likeness (QED) is 0.898. The van der Waals surface area contributed by atoms with E-state index in [-0.39, 0.29) is 6.61 Å². The van der Waals surface area contributed by atoms with Crippen LogP contribution in [0.25, 0.3) is 0 Å². The first-order valence-corrected chi connectivity index (χ1v) is 5.90. The second kappa shape index (κ2) is 5.60. The van der Waals surface area contributed by atoms with Gasteiger partial charge in [-0.2, -0.15) is 0 Å². The topological polar surface area (TPSA) is 55.2 Å². The fraction of sp³-hybridized carbons (Fsp3) is 0.286. The molecule has 1 aromatic carbocycles. The monoisotopic (exact) mass is 244 g/mol. The molecular formula is C14H16N2O2. The highest BCUT2D eigenvalue weighted by molar-refractivity contribution is 5.32. The summed E-state index contributed by atoms with van der Waals surface area (Å²) < 4.78 is 5.61. The lowest BCUT2D eigenvalue weighted by molar-refractivity contribution is 0.274. The molecule has 0 saturated carbocycles. The van der Waals surface area contributed by atoms with Crippen LogP contribution in [-0.2, 0) is 6.61 Å². The van der Waals surface area contributed by atoms with Crippen LogP contribution in [0.2, 0.25) is 0 Å². The predicted molar refractivity (Wildman–Crippen MR) is 68.6 cm³/mol. The molecule has 0 aliphatic carbocycles. The predicted octanol–water partition coefficient (Wildman–Crippen LogP) is 2.88. The molecule has 0 aliphatic heterocycles. The van der Waals surface area contributed by atoms with Gasteiger partial charge in [0, 0.05) is 6.07 Å². The molecule has 94 valence electrons. The van der Waals surface area contributed by atoms with Crippen molar-refractivity contribution in [2.24, 2.45) is 0 Å². The summed E-state index contributed by atoms with van der Waals surface area (Å²) in [5.74, 6) is 1.62. The van der Waals surface area contributed by atoms with Crippen molar-refractivity contribution in [1.29, 1.82) is 0 Å². The van der Waals surface area contributed by atoms with E-state index in [1.54, 1.807) is 12.1 Å². The molecule has 4 heteroatoms. The standard InChI is InChI=1S/C14H16N2O2/c1-10(2)11-4-3-5-13(8-11)18-14-7-6-12(9-17)15-16-14/h3-8,10,17H,9H2,1-2H3. The van der Waals surface area contributed by atoms with Gasteiger partial charge in [0.15, 0.2) is 0 Å². The Morgan fingerprint density at radius 3 is 2.61 bits per heavy atom. The summed E-state index contributed by atoms with van der Waals surface area (Å²) in [6.45, 7) is 4.15. The molecule has 0 spiro atoms. The van der Waals surface area contributed by atoms with Crippen LogP contribution in [0.4, 0.5) is 0 Å². The lowest BCUT2D eigenvalue weighted by Crippen LogP contribution is -1.95. The number of benzene rings is 1. The molecule has 0 bridgehead atoms. The van der Waals surface area contributed by atoms with Gasteiger partial charge in [0.2, 0.25) is 5.88 Å². The van der Waals surface area contributed by atoms with Gasteiger partial charge in [0.25, 0.3) is 0 Å². The van der Waals surface area contributed by atoms with Crippen LogP contribution in [0.1, 0.15) is 31.0 Å². The van der Waals surface area contributed by atoms with Crippen molar-refractivity contribution in [3.63, 3.8) is 0 Å². The van der Waals surface area contributed by atoms with Crippen molar-refractivity contribution in [2.45, 2.75) is 26.4 Å². The van der Waals surface area contributed by atoms with Crippen molar-refractivity contribution < 1.29 is 9.84 Å². The Bertz CT molecular complexity index is 509. The first-order valence-electron chi connectivity index (χ1n) is 5.90. The zero-order chi connectivity index (χ0) is 13.0. The molecule has 2 aromatic rings. The van der Waals surface area contributed by atoms with Gasteiger partial charge in [0.1, 0.15) is 5.75 Å². The molecule has 1 N–H and O–H groups in total. The van der Waals surface area contributed by atoms with Crippen LogP contribution in [0.3, 0.4) is 0 Å². The number of nitrogens with zero attached hydrogens (tertiary/aromatic N) is 2. The van der Waals surface area contributed by atoms with Gasteiger partial charge in [-0.25, -0.2) is 0 Å². The van der Waals surface area contributed by atoms with Gasteiger partial charge in [-0.05, 0) is 29.7 Å². The minimum Gasteiger partial charge on any atom is -0.438 e. The van der Waals surface area contributed by atoms with Crippen LogP contribution >= 0.6 is 0 Å². The fourth-order valence-electron chi connectivity index (χ4n) is 1.54. The van der Waals surface area contributed by atoms with Gasteiger partial charge in [-0.15, -0.1) is 10.2 Å². The maximum atomic E-state index is 8.87. The Morgan fingerprint density at radius 1 is 1.17 bits per heavy atom. The number of hydrogen-bond donors (Lipinski definition) is 1. The second-order valence-electron chi connectivity index (χ2n) is 4.35. The van der Waals surface area contributed by atoms with E-state index in [2.05, 4.69) is 30.1 Å². The maximum Gasteiger partial charge on any atom is 0.238 e. The number of aliphatic hydroxyl groups is 1. The SMILES string of the molecule is CC(C)c1cccc(Oc2ccc(CO)nn2)c1. The minimum absolute atomic E-state index is 0.115. The average molecular weight is 244 g/mol. The molecule has 18 heavy (non-hydrogen) atoms. The first-order chi connectivity index (χ1) is 8.69. The van der Waals surface area contributed by atoms with Crippen molar-refractivity contribution in [1.82, 2.24) is 10.2 Å². The Balaban J connectivity index is 2.15. The van der Waals surface area contributed by atoms with Crippen molar-refractivity contribution in [3.05, 3.63) is 47.7 Å². The van der Waals surface area contributed by atoms with E-state index in [4.69, 9.17) is 9.84 Å². The van der Waals surface area contributed by atoms with E-state index < -0.39 is 0 Å². The highest BCUT2D eigenvalue weighted by Gasteiger charge is 2.03. The van der Waals surface area contributed by atoms with Gasteiger partial charge in [0.05, 0.1) is 12.3 Å². The first kappa shape index (κ1) is 12.5. The molecule has 0 atom stereocenters. The van der Waals surface area contributed by atoms with E-state index in [9.17, 15) is 0 Å². The van der Waals surface area contributed by atoms with Gasteiger partial charge in [-0.1, -0.05) is 26.0 Å². The van der Waals surface area contributed by atoms with Gasteiger partial charge >= 0.3 is 0 Å². The summed E-state index contributed by atoms with van der Waals surface area (Å²) in [6, 6.07) is 11.3. The van der Waals surface area contributed by atoms with Crippen LogP contribution in [0, 0.1) is 0 Å². The van der Waals surface area contributed by atoms with E-state index in [1.165, 1.54) is 5.56 Å². The number of aromatic nitrogens is 2. The minimum atomic E-state index is -0.115. The molecule has 0 unspecified atom stereocenters. The number of ether oxygens (including phenoxy) is 1. The Hall–Kier alpha value is -1.94. The van der Waals surface area contributed by atoms with Crippen molar-refractivity contribution in [3.8, 4) is 11.6 Å². The Morgan fingerprint density at radius 2 is 2.00 bits per heavy atom. The summed E-state index contributed by atoms with van der Waals surface area (Å²) in [6.07, 6.45) is 0. The number of hydrogen-bond acceptors (Lipinski definition) is 4.